The van der Waals surface area contributed by atoms with E-state index in [1.807, 2.05) is 0 Å². The first-order valence-electron chi connectivity index (χ1n) is 10.3. The number of nitrogens with one attached hydrogen (secondary N) is 1. The summed E-state index contributed by atoms with van der Waals surface area (Å²) in [7, 11) is -2.84. The van der Waals surface area contributed by atoms with Crippen molar-refractivity contribution in [2.45, 2.75) is 12.5 Å². The molecule has 2 aromatic rings. The maximum atomic E-state index is 13.8. The standard InChI is InChI=1S/C21H20ClFN4O6S2/c1-33-21(30)16-17(11-4-6-27(9-11)35(31,32)10-15(28)29)25-19(20-24-5-7-34-20)26-18(16)13-3-2-12(23)8-14(13)22/h2-3,5,7-8,11,18H,4,6,9-10H2,1H3,(H,25,26)(H,28,29). The fourth-order valence-electron chi connectivity index (χ4n) is 4.08. The first kappa shape index (κ1) is 25.2. The van der Waals surface area contributed by atoms with Gasteiger partial charge in [-0.1, -0.05) is 17.7 Å². The second kappa shape index (κ2) is 10.0. The number of carbonyl (C=O) groups excluding carboxylic acids is 1. The van der Waals surface area contributed by atoms with Gasteiger partial charge in [0.25, 0.3) is 0 Å². The number of halogens is 2. The van der Waals surface area contributed by atoms with E-state index in [-0.39, 0.29) is 23.7 Å². The maximum absolute atomic E-state index is 13.8. The molecular formula is C21H20ClFN4O6S2. The van der Waals surface area contributed by atoms with Crippen molar-refractivity contribution in [2.75, 3.05) is 26.0 Å². The molecule has 1 aromatic heterocycles. The molecule has 1 saturated heterocycles. The Morgan fingerprint density at radius 2 is 2.17 bits per heavy atom. The summed E-state index contributed by atoms with van der Waals surface area (Å²) in [5.41, 5.74) is 0.828. The fourth-order valence-corrected chi connectivity index (χ4v) is 6.23. The van der Waals surface area contributed by atoms with Gasteiger partial charge in [0.1, 0.15) is 11.9 Å². The second-order valence-corrected chi connectivity index (χ2v) is 11.1. The van der Waals surface area contributed by atoms with Crippen LogP contribution < -0.4 is 5.32 Å². The van der Waals surface area contributed by atoms with Crippen LogP contribution in [-0.2, 0) is 24.3 Å². The van der Waals surface area contributed by atoms with Crippen molar-refractivity contribution in [2.24, 2.45) is 10.9 Å². The van der Waals surface area contributed by atoms with E-state index < -0.39 is 45.5 Å². The van der Waals surface area contributed by atoms with Gasteiger partial charge in [0, 0.05) is 46.9 Å². The van der Waals surface area contributed by atoms with Gasteiger partial charge >= 0.3 is 11.9 Å². The van der Waals surface area contributed by atoms with E-state index in [9.17, 15) is 22.4 Å². The molecule has 0 bridgehead atoms. The number of amidine groups is 1. The van der Waals surface area contributed by atoms with Crippen LogP contribution in [0, 0.1) is 11.7 Å². The maximum Gasteiger partial charge on any atom is 0.338 e. The Hall–Kier alpha value is -2.87. The van der Waals surface area contributed by atoms with Gasteiger partial charge in [-0.25, -0.2) is 26.9 Å². The number of carbonyl (C=O) groups is 2. The summed E-state index contributed by atoms with van der Waals surface area (Å²) in [6.07, 6.45) is 1.90. The summed E-state index contributed by atoms with van der Waals surface area (Å²) in [6, 6.07) is 2.76. The number of sulfonamides is 1. The highest BCUT2D eigenvalue weighted by molar-refractivity contribution is 7.89. The number of nitrogens with zero attached hydrogens (tertiary/aromatic N) is 3. The number of hydrogen-bond donors (Lipinski definition) is 2. The Morgan fingerprint density at radius 1 is 1.40 bits per heavy atom. The van der Waals surface area contributed by atoms with E-state index >= 15 is 0 Å². The third-order valence-corrected chi connectivity index (χ3v) is 8.47. The molecule has 10 nitrogen and oxygen atoms in total. The SMILES string of the molecule is COC(=O)C1=C(C2CCN(S(=O)(=O)CC(=O)O)C2)NC(c2nccs2)=NC1c1ccc(F)cc1Cl. The Morgan fingerprint density at radius 3 is 2.80 bits per heavy atom. The molecule has 0 aliphatic carbocycles. The van der Waals surface area contributed by atoms with Gasteiger partial charge in [0.2, 0.25) is 10.0 Å². The summed E-state index contributed by atoms with van der Waals surface area (Å²) < 4.78 is 44.8. The van der Waals surface area contributed by atoms with Crippen LogP contribution in [0.2, 0.25) is 5.02 Å². The van der Waals surface area contributed by atoms with Crippen LogP contribution in [0.5, 0.6) is 0 Å². The highest BCUT2D eigenvalue weighted by Crippen LogP contribution is 2.40. The molecule has 0 amide bonds. The third-order valence-electron chi connectivity index (χ3n) is 5.63. The van der Waals surface area contributed by atoms with Crippen molar-refractivity contribution in [3.8, 4) is 0 Å². The molecule has 2 unspecified atom stereocenters. The van der Waals surface area contributed by atoms with Crippen LogP contribution >= 0.6 is 22.9 Å². The van der Waals surface area contributed by atoms with Gasteiger partial charge in [-0.15, -0.1) is 11.3 Å². The van der Waals surface area contributed by atoms with Gasteiger partial charge in [-0.2, -0.15) is 0 Å². The number of methoxy groups -OCH3 is 1. The van der Waals surface area contributed by atoms with Crippen LogP contribution in [0.1, 0.15) is 23.0 Å². The second-order valence-electron chi connectivity index (χ2n) is 7.82. The van der Waals surface area contributed by atoms with Crippen LogP contribution in [0.4, 0.5) is 4.39 Å². The number of carboxylic acid groups (broad SMARTS) is 1. The number of ether oxygens (including phenoxy) is 1. The van der Waals surface area contributed by atoms with Crippen LogP contribution in [-0.4, -0.2) is 66.5 Å². The van der Waals surface area contributed by atoms with Crippen molar-refractivity contribution in [1.82, 2.24) is 14.6 Å². The lowest BCUT2D eigenvalue weighted by atomic mass is 9.90. The summed E-state index contributed by atoms with van der Waals surface area (Å²) in [4.78, 5) is 32.9. The predicted octanol–water partition coefficient (Wildman–Crippen LogP) is 2.19. The minimum atomic E-state index is -4.04. The highest BCUT2D eigenvalue weighted by atomic mass is 35.5. The van der Waals surface area contributed by atoms with E-state index in [0.717, 1.165) is 10.4 Å². The van der Waals surface area contributed by atoms with Gasteiger partial charge < -0.3 is 15.2 Å². The van der Waals surface area contributed by atoms with Gasteiger partial charge in [0.15, 0.2) is 16.6 Å². The number of thiazole rings is 1. The van der Waals surface area contributed by atoms with Crippen LogP contribution in [0.15, 0.2) is 46.0 Å². The topological polar surface area (TPSA) is 138 Å². The molecule has 3 heterocycles. The molecule has 2 N–H and O–H groups in total. The van der Waals surface area contributed by atoms with Crippen molar-refractivity contribution in [3.63, 3.8) is 0 Å². The lowest BCUT2D eigenvalue weighted by Gasteiger charge is -2.30. The molecule has 2 aliphatic heterocycles. The number of benzene rings is 1. The molecule has 0 radical (unpaired) electrons. The molecule has 0 spiro atoms. The molecule has 2 aliphatic rings. The molecule has 4 rings (SSSR count). The molecule has 35 heavy (non-hydrogen) atoms. The van der Waals surface area contributed by atoms with Crippen molar-refractivity contribution < 1.29 is 32.2 Å². The molecular weight excluding hydrogens is 523 g/mol. The average molecular weight is 543 g/mol. The minimum Gasteiger partial charge on any atom is -0.480 e. The van der Waals surface area contributed by atoms with Gasteiger partial charge in [-0.05, 0) is 18.6 Å². The molecule has 0 saturated carbocycles. The van der Waals surface area contributed by atoms with Crippen molar-refractivity contribution in [3.05, 3.63) is 62.5 Å². The molecule has 2 atom stereocenters. The lowest BCUT2D eigenvalue weighted by Crippen LogP contribution is -2.38. The summed E-state index contributed by atoms with van der Waals surface area (Å²) >= 11 is 7.62. The number of carboxylic acids is 1. The largest absolute Gasteiger partial charge is 0.480 e. The molecule has 14 heteroatoms. The lowest BCUT2D eigenvalue weighted by molar-refractivity contribution is -0.136. The predicted molar refractivity (Wildman–Crippen MR) is 126 cm³/mol. The number of aliphatic imine (C=N–C) groups is 1. The van der Waals surface area contributed by atoms with E-state index in [2.05, 4.69) is 15.3 Å². The first-order valence-corrected chi connectivity index (χ1v) is 13.2. The van der Waals surface area contributed by atoms with Crippen LogP contribution in [0.3, 0.4) is 0 Å². The Balaban J connectivity index is 1.81. The normalized spacial score (nSPS) is 20.9. The van der Waals surface area contributed by atoms with Crippen molar-refractivity contribution in [1.29, 1.82) is 0 Å². The first-order chi connectivity index (χ1) is 16.6. The van der Waals surface area contributed by atoms with E-state index in [1.165, 1.54) is 30.6 Å². The summed E-state index contributed by atoms with van der Waals surface area (Å²) in [5.74, 6) is -3.93. The van der Waals surface area contributed by atoms with E-state index in [1.54, 1.807) is 11.6 Å². The van der Waals surface area contributed by atoms with Crippen molar-refractivity contribution >= 4 is 50.7 Å². The monoisotopic (exact) mass is 542 g/mol. The summed E-state index contributed by atoms with van der Waals surface area (Å²) in [5, 5.41) is 14.4. The Kier molecular flexibility index (Phi) is 7.22. The average Bonchev–Trinajstić information content (AvgIpc) is 3.50. The quantitative estimate of drug-likeness (QED) is 0.508. The fraction of sp³-hybridized carbons (Fsp3) is 0.333. The molecule has 186 valence electrons. The number of aliphatic carboxylic acids is 1. The number of hydrogen-bond acceptors (Lipinski definition) is 9. The zero-order valence-electron chi connectivity index (χ0n) is 18.3. The zero-order chi connectivity index (χ0) is 25.3. The third kappa shape index (κ3) is 5.22. The van der Waals surface area contributed by atoms with Gasteiger partial charge in [0.05, 0.1) is 12.7 Å². The molecule has 1 aromatic carbocycles. The zero-order valence-corrected chi connectivity index (χ0v) is 20.7. The molecule has 1 fully saturated rings. The van der Waals surface area contributed by atoms with Crippen LogP contribution in [0.25, 0.3) is 0 Å². The van der Waals surface area contributed by atoms with Gasteiger partial charge in [-0.3, -0.25) is 9.79 Å². The number of esters is 1. The number of rotatable bonds is 7. The number of aromatic nitrogens is 1. The summed E-state index contributed by atoms with van der Waals surface area (Å²) in [6.45, 7) is 0.0269. The smallest absolute Gasteiger partial charge is 0.338 e. The Bertz CT molecular complexity index is 1330. The Labute approximate surface area is 209 Å². The minimum absolute atomic E-state index is 0.0482. The van der Waals surface area contributed by atoms with E-state index in [4.69, 9.17) is 21.4 Å². The highest BCUT2D eigenvalue weighted by Gasteiger charge is 2.41. The van der Waals surface area contributed by atoms with E-state index in [0.29, 0.717) is 28.5 Å².